The molecule has 0 spiro atoms. The Morgan fingerprint density at radius 3 is 2.49 bits per heavy atom. The molecule has 1 aromatic carbocycles. The molecule has 188 valence electrons. The van der Waals surface area contributed by atoms with Gasteiger partial charge in [-0.1, -0.05) is 6.92 Å². The minimum absolute atomic E-state index is 0.0432. The van der Waals surface area contributed by atoms with Gasteiger partial charge in [-0.05, 0) is 54.4 Å². The van der Waals surface area contributed by atoms with Crippen molar-refractivity contribution in [1.29, 1.82) is 0 Å². The summed E-state index contributed by atoms with van der Waals surface area (Å²) in [5.41, 5.74) is 5.22. The summed E-state index contributed by atoms with van der Waals surface area (Å²) < 4.78 is 40.9. The Morgan fingerprint density at radius 2 is 1.83 bits per heavy atom. The summed E-state index contributed by atoms with van der Waals surface area (Å²) in [5.74, 6) is 1.10. The molecule has 0 radical (unpaired) electrons. The van der Waals surface area contributed by atoms with Gasteiger partial charge in [0.25, 0.3) is 5.56 Å². The van der Waals surface area contributed by atoms with Gasteiger partial charge in [-0.15, -0.1) is 0 Å². The van der Waals surface area contributed by atoms with Crippen molar-refractivity contribution in [2.45, 2.75) is 19.5 Å². The Labute approximate surface area is 205 Å². The summed E-state index contributed by atoms with van der Waals surface area (Å²) >= 11 is 6.09. The molecule has 8 nitrogen and oxygen atoms in total. The van der Waals surface area contributed by atoms with Gasteiger partial charge in [0.2, 0.25) is 5.28 Å². The number of nitrogens with one attached hydrogen (secondary N) is 1. The summed E-state index contributed by atoms with van der Waals surface area (Å²) in [6, 6.07) is 5.35. The zero-order valence-electron chi connectivity index (χ0n) is 19.5. The molecular formula is C23H27ClF3N7O. The molecule has 3 heterocycles. The third-order valence-corrected chi connectivity index (χ3v) is 6.40. The van der Waals surface area contributed by atoms with E-state index in [0.717, 1.165) is 50.7 Å². The molecule has 0 aliphatic carbocycles. The van der Waals surface area contributed by atoms with Crippen molar-refractivity contribution in [3.05, 3.63) is 51.0 Å². The Hall–Kier alpha value is -3.05. The van der Waals surface area contributed by atoms with Gasteiger partial charge in [0.05, 0.1) is 10.9 Å². The van der Waals surface area contributed by atoms with E-state index in [1.54, 1.807) is 11.6 Å². The number of halogens is 4. The number of fused-ring (bicyclic) bond motifs is 1. The number of alkyl halides is 3. The largest absolute Gasteiger partial charge is 0.416 e. The van der Waals surface area contributed by atoms with Gasteiger partial charge in [-0.3, -0.25) is 9.36 Å². The number of rotatable bonds is 6. The van der Waals surface area contributed by atoms with E-state index in [-0.39, 0.29) is 35.0 Å². The fraction of sp³-hybridized carbons (Fsp3) is 0.435. The first-order chi connectivity index (χ1) is 16.6. The van der Waals surface area contributed by atoms with Crippen LogP contribution in [0.5, 0.6) is 0 Å². The Kier molecular flexibility index (Phi) is 7.09. The van der Waals surface area contributed by atoms with Crippen molar-refractivity contribution in [2.75, 3.05) is 55.2 Å². The number of anilines is 3. The van der Waals surface area contributed by atoms with Crippen molar-refractivity contribution in [2.24, 2.45) is 7.05 Å². The second kappa shape index (κ2) is 9.90. The molecule has 3 N–H and O–H groups in total. The molecule has 0 bridgehead atoms. The number of nitrogen functional groups attached to an aromatic ring is 1. The van der Waals surface area contributed by atoms with Gasteiger partial charge >= 0.3 is 6.18 Å². The normalized spacial score (nSPS) is 15.1. The number of piperazine rings is 1. The van der Waals surface area contributed by atoms with Crippen molar-refractivity contribution in [1.82, 2.24) is 19.4 Å². The van der Waals surface area contributed by atoms with E-state index in [9.17, 15) is 18.0 Å². The van der Waals surface area contributed by atoms with Crippen LogP contribution in [0.15, 0.2) is 29.1 Å². The van der Waals surface area contributed by atoms with Gasteiger partial charge in [-0.2, -0.15) is 13.2 Å². The number of likely N-dealkylation sites (N-methyl/N-ethyl adjacent to an activating group) is 1. The van der Waals surface area contributed by atoms with Crippen LogP contribution in [-0.2, 0) is 19.6 Å². The molecule has 0 atom stereocenters. The lowest BCUT2D eigenvalue weighted by Crippen LogP contribution is -2.47. The average molecular weight is 510 g/mol. The van der Waals surface area contributed by atoms with E-state index < -0.39 is 11.7 Å². The number of aromatic nitrogens is 3. The number of benzene rings is 1. The highest BCUT2D eigenvalue weighted by molar-refractivity contribution is 6.28. The van der Waals surface area contributed by atoms with Gasteiger partial charge in [0.15, 0.2) is 0 Å². The molecule has 4 rings (SSSR count). The summed E-state index contributed by atoms with van der Waals surface area (Å²) in [5, 5.41) is 3.53. The first-order valence-electron chi connectivity index (χ1n) is 11.3. The lowest BCUT2D eigenvalue weighted by molar-refractivity contribution is -0.137. The fourth-order valence-electron chi connectivity index (χ4n) is 4.31. The Balaban J connectivity index is 1.61. The maximum atomic E-state index is 13.1. The number of hydrogen-bond acceptors (Lipinski definition) is 7. The van der Waals surface area contributed by atoms with Gasteiger partial charge in [-0.25, -0.2) is 9.97 Å². The van der Waals surface area contributed by atoms with Crippen LogP contribution in [-0.4, -0.2) is 58.7 Å². The predicted molar refractivity (Wildman–Crippen MR) is 132 cm³/mol. The maximum Gasteiger partial charge on any atom is 0.416 e. The summed E-state index contributed by atoms with van der Waals surface area (Å²) in [4.78, 5) is 26.0. The predicted octanol–water partition coefficient (Wildman–Crippen LogP) is 3.38. The van der Waals surface area contributed by atoms with Crippen LogP contribution < -0.4 is 21.5 Å². The first-order valence-corrected chi connectivity index (χ1v) is 11.7. The van der Waals surface area contributed by atoms with Crippen LogP contribution in [0, 0.1) is 0 Å². The van der Waals surface area contributed by atoms with Crippen LogP contribution in [0.4, 0.5) is 30.5 Å². The molecule has 0 saturated carbocycles. The van der Waals surface area contributed by atoms with Crippen molar-refractivity contribution in [3.63, 3.8) is 0 Å². The van der Waals surface area contributed by atoms with Crippen LogP contribution >= 0.6 is 11.6 Å². The van der Waals surface area contributed by atoms with E-state index in [4.69, 9.17) is 17.3 Å². The summed E-state index contributed by atoms with van der Waals surface area (Å²) in [6.07, 6.45) is -4.22. The molecule has 12 heteroatoms. The van der Waals surface area contributed by atoms with E-state index in [2.05, 4.69) is 32.0 Å². The number of nitrogens with zero attached hydrogens (tertiary/aromatic N) is 5. The van der Waals surface area contributed by atoms with Crippen LogP contribution in [0.25, 0.3) is 10.9 Å². The van der Waals surface area contributed by atoms with Gasteiger partial charge in [0.1, 0.15) is 17.2 Å². The van der Waals surface area contributed by atoms with Crippen molar-refractivity contribution in [3.8, 4) is 0 Å². The van der Waals surface area contributed by atoms with Gasteiger partial charge in [0, 0.05) is 45.5 Å². The first kappa shape index (κ1) is 25.1. The summed E-state index contributed by atoms with van der Waals surface area (Å²) in [6.45, 7) is 6.69. The molecule has 3 aromatic rings. The van der Waals surface area contributed by atoms with Crippen LogP contribution in [0.2, 0.25) is 5.28 Å². The molecule has 1 aliphatic heterocycles. The molecule has 2 aromatic heterocycles. The second-order valence-corrected chi connectivity index (χ2v) is 8.87. The lowest BCUT2D eigenvalue weighted by atomic mass is 10.1. The maximum absolute atomic E-state index is 13.1. The fourth-order valence-corrected chi connectivity index (χ4v) is 4.48. The van der Waals surface area contributed by atoms with Crippen LogP contribution in [0.3, 0.4) is 0 Å². The molecule has 35 heavy (non-hydrogen) atoms. The molecular weight excluding hydrogens is 483 g/mol. The molecule has 0 amide bonds. The monoisotopic (exact) mass is 509 g/mol. The molecule has 0 unspecified atom stereocenters. The summed E-state index contributed by atoms with van der Waals surface area (Å²) in [7, 11) is 1.70. The molecule has 1 fully saturated rings. The third-order valence-electron chi connectivity index (χ3n) is 6.23. The highest BCUT2D eigenvalue weighted by Crippen LogP contribution is 2.31. The van der Waals surface area contributed by atoms with E-state index in [0.29, 0.717) is 16.8 Å². The Morgan fingerprint density at radius 1 is 1.11 bits per heavy atom. The highest BCUT2D eigenvalue weighted by atomic mass is 35.5. The highest BCUT2D eigenvalue weighted by Gasteiger charge is 2.31. The zero-order valence-corrected chi connectivity index (χ0v) is 20.2. The second-order valence-electron chi connectivity index (χ2n) is 8.53. The molecule has 1 aliphatic rings. The van der Waals surface area contributed by atoms with Crippen molar-refractivity contribution >= 4 is 39.8 Å². The van der Waals surface area contributed by atoms with E-state index >= 15 is 0 Å². The number of hydrogen-bond donors (Lipinski definition) is 2. The third kappa shape index (κ3) is 5.46. The van der Waals surface area contributed by atoms with Crippen LogP contribution in [0.1, 0.15) is 18.1 Å². The minimum Gasteiger partial charge on any atom is -0.399 e. The Bertz CT molecular complexity index is 1290. The number of nitrogens with two attached hydrogens (primary N) is 1. The topological polar surface area (TPSA) is 92.3 Å². The average Bonchev–Trinajstić information content (AvgIpc) is 2.81. The minimum atomic E-state index is -4.48. The van der Waals surface area contributed by atoms with E-state index in [1.807, 2.05) is 6.07 Å². The lowest BCUT2D eigenvalue weighted by Gasteiger charge is -2.36. The smallest absolute Gasteiger partial charge is 0.399 e. The van der Waals surface area contributed by atoms with Crippen molar-refractivity contribution < 1.29 is 13.2 Å². The standard InChI is InChI=1S/C23H27ClF3N7O/c1-3-33-6-8-34(9-7-33)18-13-17-19(21(35)32(18)2)30-22(24)31-20(17)29-5-4-14-10-15(23(25,26)27)12-16(28)11-14/h10-13H,3-9,28H2,1-2H3,(H,29,30,31). The van der Waals surface area contributed by atoms with E-state index in [1.165, 1.54) is 6.07 Å². The van der Waals surface area contributed by atoms with Gasteiger partial charge < -0.3 is 20.9 Å². The molecule has 1 saturated heterocycles. The number of pyridine rings is 1. The SMILES string of the molecule is CCN1CCN(c2cc3c(NCCc4cc(N)cc(C(F)(F)F)c4)nc(Cl)nc3c(=O)n2C)CC1. The quantitative estimate of drug-likeness (QED) is 0.389. The zero-order chi connectivity index (χ0) is 25.3.